The number of benzene rings is 2. The van der Waals surface area contributed by atoms with Crippen LogP contribution in [0.4, 0.5) is 5.69 Å². The minimum atomic E-state index is -0.389. The number of ether oxygens (including phenoxy) is 2. The number of nitrogens with zero attached hydrogens (tertiary/aromatic N) is 1. The molecule has 32 heavy (non-hydrogen) atoms. The van der Waals surface area contributed by atoms with E-state index in [9.17, 15) is 9.59 Å². The third-order valence-electron chi connectivity index (χ3n) is 4.33. The van der Waals surface area contributed by atoms with E-state index in [0.29, 0.717) is 34.2 Å². The molecule has 0 aliphatic rings. The van der Waals surface area contributed by atoms with Crippen molar-refractivity contribution in [2.75, 3.05) is 26.0 Å². The average molecular weight is 453 g/mol. The SMILES string of the molecule is CCNC(=O)COc1ccc(C=NNC(=O)c2sc(-c3ccccc3)cc2N)cc1OC. The Balaban J connectivity index is 1.64. The van der Waals surface area contributed by atoms with E-state index in [1.54, 1.807) is 24.3 Å². The maximum Gasteiger partial charge on any atom is 0.283 e. The van der Waals surface area contributed by atoms with Crippen LogP contribution >= 0.6 is 11.3 Å². The quantitative estimate of drug-likeness (QED) is 0.340. The van der Waals surface area contributed by atoms with Crippen molar-refractivity contribution in [3.63, 3.8) is 0 Å². The minimum absolute atomic E-state index is 0.110. The van der Waals surface area contributed by atoms with Gasteiger partial charge in [0, 0.05) is 11.4 Å². The average Bonchev–Trinajstić information content (AvgIpc) is 3.20. The number of nitrogens with one attached hydrogen (secondary N) is 2. The molecule has 0 radical (unpaired) electrons. The normalized spacial score (nSPS) is 10.7. The summed E-state index contributed by atoms with van der Waals surface area (Å²) in [4.78, 5) is 25.4. The number of hydrazone groups is 1. The fourth-order valence-corrected chi connectivity index (χ4v) is 3.79. The molecule has 0 aliphatic heterocycles. The van der Waals surface area contributed by atoms with Crippen molar-refractivity contribution in [3.8, 4) is 21.9 Å². The van der Waals surface area contributed by atoms with Gasteiger partial charge in [0.1, 0.15) is 4.88 Å². The van der Waals surface area contributed by atoms with E-state index in [1.807, 2.05) is 37.3 Å². The summed E-state index contributed by atoms with van der Waals surface area (Å²) < 4.78 is 10.8. The number of thiophene rings is 1. The van der Waals surface area contributed by atoms with Gasteiger partial charge in [0.05, 0.1) is 19.0 Å². The second-order valence-electron chi connectivity index (χ2n) is 6.61. The Morgan fingerprint density at radius 2 is 1.91 bits per heavy atom. The van der Waals surface area contributed by atoms with E-state index in [0.717, 1.165) is 10.4 Å². The topological polar surface area (TPSA) is 115 Å². The molecular formula is C23H24N4O4S. The molecule has 1 aromatic heterocycles. The molecule has 166 valence electrons. The van der Waals surface area contributed by atoms with Gasteiger partial charge in [0.25, 0.3) is 11.8 Å². The van der Waals surface area contributed by atoms with Crippen molar-refractivity contribution in [1.29, 1.82) is 0 Å². The van der Waals surface area contributed by atoms with E-state index >= 15 is 0 Å². The third kappa shape index (κ3) is 5.86. The first-order valence-electron chi connectivity index (χ1n) is 9.87. The Kier molecular flexibility index (Phi) is 7.82. The fraction of sp³-hybridized carbons (Fsp3) is 0.174. The van der Waals surface area contributed by atoms with Crippen molar-refractivity contribution in [1.82, 2.24) is 10.7 Å². The largest absolute Gasteiger partial charge is 0.493 e. The maximum absolute atomic E-state index is 12.5. The summed E-state index contributed by atoms with van der Waals surface area (Å²) in [5, 5.41) is 6.67. The van der Waals surface area contributed by atoms with Crippen LogP contribution in [0.15, 0.2) is 59.7 Å². The number of amides is 2. The predicted molar refractivity (Wildman–Crippen MR) is 126 cm³/mol. The van der Waals surface area contributed by atoms with Gasteiger partial charge in [0.2, 0.25) is 0 Å². The van der Waals surface area contributed by atoms with E-state index in [1.165, 1.54) is 24.7 Å². The Hall–Kier alpha value is -3.85. The number of anilines is 1. The molecule has 3 aromatic rings. The number of rotatable bonds is 9. The monoisotopic (exact) mass is 452 g/mol. The van der Waals surface area contributed by atoms with E-state index in [-0.39, 0.29) is 18.4 Å². The summed E-state index contributed by atoms with van der Waals surface area (Å²) in [6.45, 7) is 2.26. The second-order valence-corrected chi connectivity index (χ2v) is 7.66. The highest BCUT2D eigenvalue weighted by molar-refractivity contribution is 7.18. The molecule has 2 aromatic carbocycles. The molecule has 0 bridgehead atoms. The Morgan fingerprint density at radius 3 is 2.62 bits per heavy atom. The standard InChI is InChI=1S/C23H24N4O4S/c1-3-25-21(28)14-31-18-10-9-15(11-19(18)30-2)13-26-27-23(29)22-17(24)12-20(32-22)16-7-5-4-6-8-16/h4-13H,3,14,24H2,1-2H3,(H,25,28)(H,27,29). The lowest BCUT2D eigenvalue weighted by Gasteiger charge is -2.11. The smallest absolute Gasteiger partial charge is 0.283 e. The summed E-state index contributed by atoms with van der Waals surface area (Å²) >= 11 is 1.31. The lowest BCUT2D eigenvalue weighted by atomic mass is 10.2. The first-order chi connectivity index (χ1) is 15.5. The van der Waals surface area contributed by atoms with Crippen molar-refractivity contribution in [2.45, 2.75) is 6.92 Å². The minimum Gasteiger partial charge on any atom is -0.493 e. The molecule has 8 nitrogen and oxygen atoms in total. The highest BCUT2D eigenvalue weighted by atomic mass is 32.1. The summed E-state index contributed by atoms with van der Waals surface area (Å²) in [5.74, 6) is 0.269. The molecule has 0 saturated heterocycles. The van der Waals surface area contributed by atoms with Crippen LogP contribution in [0, 0.1) is 0 Å². The van der Waals surface area contributed by atoms with E-state index < -0.39 is 0 Å². The summed E-state index contributed by atoms with van der Waals surface area (Å²) in [6.07, 6.45) is 1.48. The Labute approximate surface area is 190 Å². The zero-order chi connectivity index (χ0) is 22.9. The third-order valence-corrected chi connectivity index (χ3v) is 5.52. The Bertz CT molecular complexity index is 1110. The predicted octanol–water partition coefficient (Wildman–Crippen LogP) is 3.28. The van der Waals surface area contributed by atoms with Crippen LogP contribution in [-0.4, -0.2) is 38.3 Å². The number of hydrogen-bond acceptors (Lipinski definition) is 7. The van der Waals surface area contributed by atoms with Gasteiger partial charge < -0.3 is 20.5 Å². The molecule has 1 heterocycles. The van der Waals surface area contributed by atoms with Crippen molar-refractivity contribution >= 4 is 35.1 Å². The van der Waals surface area contributed by atoms with Crippen molar-refractivity contribution in [3.05, 3.63) is 65.0 Å². The highest BCUT2D eigenvalue weighted by Crippen LogP contribution is 2.33. The summed E-state index contributed by atoms with van der Waals surface area (Å²) in [7, 11) is 1.50. The molecule has 4 N–H and O–H groups in total. The molecule has 0 fully saturated rings. The second kappa shape index (κ2) is 11.0. The van der Waals surface area contributed by atoms with Crippen molar-refractivity contribution in [2.24, 2.45) is 5.10 Å². The zero-order valence-electron chi connectivity index (χ0n) is 17.8. The lowest BCUT2D eigenvalue weighted by Crippen LogP contribution is -2.28. The first kappa shape index (κ1) is 22.8. The number of methoxy groups -OCH3 is 1. The fourth-order valence-electron chi connectivity index (χ4n) is 2.82. The van der Waals surface area contributed by atoms with Crippen LogP contribution in [0.2, 0.25) is 0 Å². The molecule has 0 unspecified atom stereocenters. The maximum atomic E-state index is 12.5. The van der Waals surface area contributed by atoms with Gasteiger partial charge in [-0.25, -0.2) is 5.43 Å². The van der Waals surface area contributed by atoms with Gasteiger partial charge in [-0.05, 0) is 42.3 Å². The summed E-state index contributed by atoms with van der Waals surface area (Å²) in [6, 6.07) is 16.6. The molecule has 0 saturated carbocycles. The van der Waals surface area contributed by atoms with Crippen LogP contribution in [0.5, 0.6) is 11.5 Å². The molecule has 2 amide bonds. The van der Waals surface area contributed by atoms with Crippen molar-refractivity contribution < 1.29 is 19.1 Å². The van der Waals surface area contributed by atoms with Gasteiger partial charge >= 0.3 is 0 Å². The number of nitrogen functional groups attached to an aromatic ring is 1. The Morgan fingerprint density at radius 1 is 1.12 bits per heavy atom. The zero-order valence-corrected chi connectivity index (χ0v) is 18.6. The van der Waals surface area contributed by atoms with E-state index in [2.05, 4.69) is 15.8 Å². The molecule has 0 aliphatic carbocycles. The van der Waals surface area contributed by atoms with Gasteiger partial charge in [0.15, 0.2) is 18.1 Å². The number of carbonyl (C=O) groups excluding carboxylic acids is 2. The van der Waals surface area contributed by atoms with Crippen LogP contribution in [0.25, 0.3) is 10.4 Å². The van der Waals surface area contributed by atoms with Gasteiger partial charge in [-0.3, -0.25) is 9.59 Å². The van der Waals surface area contributed by atoms with Crippen LogP contribution in [-0.2, 0) is 4.79 Å². The number of nitrogens with two attached hydrogens (primary N) is 1. The number of likely N-dealkylation sites (N-methyl/N-ethyl adjacent to an activating group) is 1. The molecule has 9 heteroatoms. The first-order valence-corrected chi connectivity index (χ1v) is 10.7. The number of hydrogen-bond donors (Lipinski definition) is 3. The molecule has 0 spiro atoms. The summed E-state index contributed by atoms with van der Waals surface area (Å²) in [5.41, 5.74) is 10.6. The molecule has 3 rings (SSSR count). The van der Waals surface area contributed by atoms with Gasteiger partial charge in [-0.2, -0.15) is 5.10 Å². The van der Waals surface area contributed by atoms with E-state index in [4.69, 9.17) is 15.2 Å². The van der Waals surface area contributed by atoms with Crippen LogP contribution in [0.1, 0.15) is 22.2 Å². The van der Waals surface area contributed by atoms with Crippen LogP contribution < -0.4 is 25.9 Å². The van der Waals surface area contributed by atoms with Gasteiger partial charge in [-0.15, -0.1) is 11.3 Å². The molecular weight excluding hydrogens is 428 g/mol. The molecule has 0 atom stereocenters. The lowest BCUT2D eigenvalue weighted by molar-refractivity contribution is -0.123. The number of carbonyl (C=O) groups is 2. The van der Waals surface area contributed by atoms with Crippen LogP contribution in [0.3, 0.4) is 0 Å². The highest BCUT2D eigenvalue weighted by Gasteiger charge is 2.15. The van der Waals surface area contributed by atoms with Gasteiger partial charge in [-0.1, -0.05) is 30.3 Å².